The van der Waals surface area contributed by atoms with Crippen LogP contribution in [0.3, 0.4) is 0 Å². The van der Waals surface area contributed by atoms with Crippen molar-refractivity contribution < 1.29 is 13.9 Å². The van der Waals surface area contributed by atoms with Crippen LogP contribution in [0.15, 0.2) is 58.1 Å². The summed E-state index contributed by atoms with van der Waals surface area (Å²) in [6.45, 7) is 1.61. The zero-order valence-corrected chi connectivity index (χ0v) is 16.9. The number of nitrogens with one attached hydrogen (secondary N) is 1. The minimum absolute atomic E-state index is 0. The lowest BCUT2D eigenvalue weighted by Gasteiger charge is -2.11. The summed E-state index contributed by atoms with van der Waals surface area (Å²) in [6, 6.07) is 14.3. The maximum atomic E-state index is 5.84. The van der Waals surface area contributed by atoms with Gasteiger partial charge in [-0.3, -0.25) is 4.99 Å². The molecule has 1 aliphatic heterocycles. The maximum absolute atomic E-state index is 5.84. The van der Waals surface area contributed by atoms with Crippen LogP contribution < -0.4 is 14.8 Å². The van der Waals surface area contributed by atoms with E-state index in [1.165, 1.54) is 10.9 Å². The molecule has 2 heterocycles. The van der Waals surface area contributed by atoms with Crippen molar-refractivity contribution in [2.24, 2.45) is 4.99 Å². The number of hydrogen-bond acceptors (Lipinski definition) is 5. The number of rotatable bonds is 6. The predicted molar refractivity (Wildman–Crippen MR) is 114 cm³/mol. The summed E-state index contributed by atoms with van der Waals surface area (Å²) >= 11 is 0. The van der Waals surface area contributed by atoms with E-state index in [1.54, 1.807) is 14.2 Å². The van der Waals surface area contributed by atoms with Crippen molar-refractivity contribution in [3.05, 3.63) is 60.1 Å². The largest absolute Gasteiger partial charge is 0.493 e. The van der Waals surface area contributed by atoms with Crippen LogP contribution in [0.4, 0.5) is 0 Å². The van der Waals surface area contributed by atoms with E-state index in [9.17, 15) is 0 Å². The molecule has 0 aliphatic carbocycles. The highest BCUT2D eigenvalue weighted by Crippen LogP contribution is 2.32. The topological polar surface area (TPSA) is 56.0 Å². The summed E-state index contributed by atoms with van der Waals surface area (Å²) in [5.41, 5.74) is 1.20. The van der Waals surface area contributed by atoms with Crippen molar-refractivity contribution in [1.29, 1.82) is 0 Å². The fraction of sp³-hybridized carbons (Fsp3) is 0.318. The minimum Gasteiger partial charge on any atom is -0.493 e. The van der Waals surface area contributed by atoms with Crippen LogP contribution in [0.1, 0.15) is 23.7 Å². The van der Waals surface area contributed by atoms with Gasteiger partial charge in [0.1, 0.15) is 5.76 Å². The molecule has 1 aliphatic rings. The van der Waals surface area contributed by atoms with Gasteiger partial charge >= 0.3 is 0 Å². The molecule has 1 N–H and O–H groups in total. The Morgan fingerprint density at radius 3 is 2.75 bits per heavy atom. The molecule has 0 bridgehead atoms. The normalized spacial score (nSPS) is 15.8. The van der Waals surface area contributed by atoms with Crippen LogP contribution in [0.5, 0.6) is 11.5 Å². The summed E-state index contributed by atoms with van der Waals surface area (Å²) in [7, 11) is 3.31. The minimum atomic E-state index is 0. The van der Waals surface area contributed by atoms with Gasteiger partial charge in [-0.25, -0.2) is 0 Å². The number of aliphatic imine (C=N–C) groups is 1. The van der Waals surface area contributed by atoms with Crippen LogP contribution in [0.25, 0.3) is 10.8 Å². The fourth-order valence-corrected chi connectivity index (χ4v) is 3.60. The summed E-state index contributed by atoms with van der Waals surface area (Å²) in [4.78, 5) is 4.67. The maximum Gasteiger partial charge on any atom is 0.160 e. The molecule has 6 heteroatoms. The molecule has 0 saturated heterocycles. The lowest BCUT2D eigenvalue weighted by atomic mass is 10.0. The van der Waals surface area contributed by atoms with Crippen LogP contribution in [-0.4, -0.2) is 33.1 Å². The van der Waals surface area contributed by atoms with Gasteiger partial charge in [-0.15, -0.1) is 12.4 Å². The number of furan rings is 1. The quantitative estimate of drug-likeness (QED) is 0.657. The number of fused-ring (bicyclic) bond motifs is 1. The Bertz CT molecular complexity index is 967. The number of nitrogens with zero attached hydrogens (tertiary/aromatic N) is 1. The Hall–Kier alpha value is -2.66. The first kappa shape index (κ1) is 20.1. The van der Waals surface area contributed by atoms with E-state index in [2.05, 4.69) is 34.6 Å². The molecule has 0 fully saturated rings. The number of halogens is 1. The van der Waals surface area contributed by atoms with E-state index in [-0.39, 0.29) is 12.4 Å². The van der Waals surface area contributed by atoms with Gasteiger partial charge in [-0.2, -0.15) is 0 Å². The Morgan fingerprint density at radius 2 is 1.93 bits per heavy atom. The monoisotopic (exact) mass is 400 g/mol. The van der Waals surface area contributed by atoms with Crippen molar-refractivity contribution in [2.45, 2.75) is 18.8 Å². The predicted octanol–water partition coefficient (Wildman–Crippen LogP) is 4.59. The lowest BCUT2D eigenvalue weighted by Crippen LogP contribution is -2.24. The molecule has 28 heavy (non-hydrogen) atoms. The van der Waals surface area contributed by atoms with Crippen molar-refractivity contribution in [3.63, 3.8) is 0 Å². The molecular weight excluding hydrogens is 376 g/mol. The van der Waals surface area contributed by atoms with E-state index in [4.69, 9.17) is 13.9 Å². The van der Waals surface area contributed by atoms with Gasteiger partial charge in [0.05, 0.1) is 32.9 Å². The first-order valence-corrected chi connectivity index (χ1v) is 9.22. The molecule has 5 nitrogen and oxygen atoms in total. The fourth-order valence-electron chi connectivity index (χ4n) is 3.60. The third-order valence-corrected chi connectivity index (χ3v) is 5.04. The van der Waals surface area contributed by atoms with E-state index >= 15 is 0 Å². The molecule has 0 radical (unpaired) electrons. The summed E-state index contributed by atoms with van der Waals surface area (Å²) < 4.78 is 16.5. The Labute approximate surface area is 171 Å². The van der Waals surface area contributed by atoms with Crippen LogP contribution in [0, 0.1) is 0 Å². The molecule has 1 aromatic heterocycles. The Kier molecular flexibility index (Phi) is 6.47. The Morgan fingerprint density at radius 1 is 1.11 bits per heavy atom. The van der Waals surface area contributed by atoms with Crippen LogP contribution in [0.2, 0.25) is 0 Å². The number of hydrogen-bond donors (Lipinski definition) is 1. The molecule has 4 rings (SSSR count). The van der Waals surface area contributed by atoms with Gasteiger partial charge in [0.2, 0.25) is 0 Å². The van der Waals surface area contributed by atoms with Gasteiger partial charge < -0.3 is 19.2 Å². The summed E-state index contributed by atoms with van der Waals surface area (Å²) in [6.07, 6.45) is 3.63. The lowest BCUT2D eigenvalue weighted by molar-refractivity contribution is 0.354. The highest BCUT2D eigenvalue weighted by molar-refractivity contribution is 5.88. The molecule has 1 atom stereocenters. The molecule has 2 aromatic carbocycles. The zero-order valence-electron chi connectivity index (χ0n) is 16.1. The standard InChI is InChI=1S/C22H24N2O3.ClH/c1-25-19-8-7-15(11-20(19)26-2)9-10-23-21-12-17(13-24-21)22-18-6-4-3-5-16(18)14-27-22;/h3-8,11,14,17H,9-10,12-13H2,1-2H3,(H,23,24);1H. The van der Waals surface area contributed by atoms with Crippen molar-refractivity contribution in [2.75, 3.05) is 27.3 Å². The van der Waals surface area contributed by atoms with Gasteiger partial charge in [0.25, 0.3) is 0 Å². The molecular formula is C22H25ClN2O3. The van der Waals surface area contributed by atoms with Gasteiger partial charge in [-0.05, 0) is 24.1 Å². The number of benzene rings is 2. The molecule has 3 aromatic rings. The first-order chi connectivity index (χ1) is 13.3. The van der Waals surface area contributed by atoms with Crippen molar-refractivity contribution >= 4 is 29.0 Å². The van der Waals surface area contributed by atoms with Crippen molar-refractivity contribution in [3.8, 4) is 11.5 Å². The second-order valence-corrected chi connectivity index (χ2v) is 6.74. The molecule has 1 unspecified atom stereocenters. The van der Waals surface area contributed by atoms with Gasteiger partial charge in [-0.1, -0.05) is 30.3 Å². The van der Waals surface area contributed by atoms with Crippen LogP contribution >= 0.6 is 12.4 Å². The number of amidine groups is 1. The highest BCUT2D eigenvalue weighted by Gasteiger charge is 2.24. The average Bonchev–Trinajstić information content (AvgIpc) is 3.34. The van der Waals surface area contributed by atoms with E-state index in [0.717, 1.165) is 54.4 Å². The van der Waals surface area contributed by atoms with Crippen molar-refractivity contribution in [1.82, 2.24) is 5.32 Å². The third kappa shape index (κ3) is 4.09. The van der Waals surface area contributed by atoms with Gasteiger partial charge in [0, 0.05) is 29.7 Å². The number of ether oxygens (including phenoxy) is 2. The number of methoxy groups -OCH3 is 2. The van der Waals surface area contributed by atoms with E-state index in [1.807, 2.05) is 24.5 Å². The van der Waals surface area contributed by atoms with Crippen LogP contribution in [-0.2, 0) is 6.42 Å². The third-order valence-electron chi connectivity index (χ3n) is 5.04. The van der Waals surface area contributed by atoms with E-state index in [0.29, 0.717) is 5.92 Å². The second-order valence-electron chi connectivity index (χ2n) is 6.74. The molecule has 148 valence electrons. The Balaban J connectivity index is 0.00000225. The molecule has 0 saturated carbocycles. The highest BCUT2D eigenvalue weighted by atomic mass is 35.5. The SMILES string of the molecule is COc1ccc(CCNC2=NCC(c3occ4ccccc34)C2)cc1OC.Cl. The molecule has 0 amide bonds. The summed E-state index contributed by atoms with van der Waals surface area (Å²) in [5.74, 6) is 3.93. The van der Waals surface area contributed by atoms with E-state index < -0.39 is 0 Å². The summed E-state index contributed by atoms with van der Waals surface area (Å²) in [5, 5.41) is 5.83. The zero-order chi connectivity index (χ0) is 18.6. The average molecular weight is 401 g/mol. The smallest absolute Gasteiger partial charge is 0.160 e. The second kappa shape index (κ2) is 9.02. The van der Waals surface area contributed by atoms with Gasteiger partial charge in [0.15, 0.2) is 11.5 Å². The first-order valence-electron chi connectivity index (χ1n) is 9.22. The molecule has 0 spiro atoms.